The molecule has 0 saturated carbocycles. The molecule has 4 nitrogen and oxygen atoms in total. The molecule has 1 aliphatic heterocycles. The summed E-state index contributed by atoms with van der Waals surface area (Å²) >= 11 is 0. The third-order valence-electron chi connectivity index (χ3n) is 3.43. The number of piperidine rings is 1. The fourth-order valence-electron chi connectivity index (χ4n) is 2.48. The van der Waals surface area contributed by atoms with Crippen molar-refractivity contribution in [3.63, 3.8) is 0 Å². The molecular weight excluding hydrogens is 240 g/mol. The summed E-state index contributed by atoms with van der Waals surface area (Å²) in [7, 11) is 0. The predicted molar refractivity (Wildman–Crippen MR) is 72.9 cm³/mol. The van der Waals surface area contributed by atoms with E-state index in [1.54, 1.807) is 6.07 Å². The summed E-state index contributed by atoms with van der Waals surface area (Å²) in [6.07, 6.45) is 1.88. The average molecular weight is 260 g/mol. The number of benzene rings is 1. The van der Waals surface area contributed by atoms with Crippen LogP contribution in [-0.2, 0) is 0 Å². The molecule has 1 aromatic carbocycles. The molecule has 1 aliphatic rings. The summed E-state index contributed by atoms with van der Waals surface area (Å²) < 4.78 is 5.65. The van der Waals surface area contributed by atoms with Crippen molar-refractivity contribution in [2.75, 3.05) is 26.2 Å². The zero-order valence-corrected chi connectivity index (χ0v) is 11.3. The molecule has 2 rings (SSSR count). The minimum absolute atomic E-state index is 0.536. The molecule has 1 fully saturated rings. The fraction of sp³-hybridized carbons (Fsp3) is 0.533. The lowest BCUT2D eigenvalue weighted by Gasteiger charge is -2.36. The van der Waals surface area contributed by atoms with Gasteiger partial charge in [0.1, 0.15) is 18.4 Å². The summed E-state index contributed by atoms with van der Waals surface area (Å²) in [5.41, 5.74) is -0.0175. The highest BCUT2D eigenvalue weighted by atomic mass is 16.5. The first-order chi connectivity index (χ1) is 9.11. The van der Waals surface area contributed by atoms with Crippen molar-refractivity contribution < 1.29 is 9.84 Å². The number of likely N-dealkylation sites (tertiary alicyclic amines) is 1. The van der Waals surface area contributed by atoms with E-state index in [2.05, 4.69) is 11.0 Å². The maximum atomic E-state index is 10.0. The standard InChI is InChI=1S/C15H20N2O2/c1-15(18)7-4-8-17(12-15)9-10-19-14-6-3-2-5-13(14)11-16/h2-3,5-6,18H,4,7-10,12H2,1H3. The van der Waals surface area contributed by atoms with Crippen molar-refractivity contribution in [1.29, 1.82) is 5.26 Å². The number of hydrogen-bond donors (Lipinski definition) is 1. The van der Waals surface area contributed by atoms with Crippen LogP contribution in [-0.4, -0.2) is 41.8 Å². The lowest BCUT2D eigenvalue weighted by Crippen LogP contribution is -2.47. The predicted octanol–water partition coefficient (Wildman–Crippen LogP) is 1.78. The Labute approximate surface area is 114 Å². The lowest BCUT2D eigenvalue weighted by molar-refractivity contribution is -0.0183. The van der Waals surface area contributed by atoms with Crippen molar-refractivity contribution in [2.24, 2.45) is 0 Å². The molecule has 1 N–H and O–H groups in total. The number of para-hydroxylation sites is 1. The Hall–Kier alpha value is -1.57. The minimum Gasteiger partial charge on any atom is -0.491 e. The number of β-amino-alcohol motifs (C(OH)–C–C–N with tert-alkyl or cyclic N) is 1. The second-order valence-electron chi connectivity index (χ2n) is 5.33. The van der Waals surface area contributed by atoms with E-state index in [0.29, 0.717) is 24.5 Å². The summed E-state index contributed by atoms with van der Waals surface area (Å²) in [6.45, 7) is 4.88. The molecule has 1 unspecified atom stereocenters. The molecule has 0 radical (unpaired) electrons. The zero-order chi connectivity index (χ0) is 13.7. The zero-order valence-electron chi connectivity index (χ0n) is 11.3. The Kier molecular flexibility index (Phi) is 4.41. The number of nitriles is 1. The first kappa shape index (κ1) is 13.9. The van der Waals surface area contributed by atoms with Gasteiger partial charge in [0.15, 0.2) is 0 Å². The van der Waals surface area contributed by atoms with Gasteiger partial charge in [-0.2, -0.15) is 5.26 Å². The van der Waals surface area contributed by atoms with Gasteiger partial charge in [-0.15, -0.1) is 0 Å². The molecule has 0 amide bonds. The van der Waals surface area contributed by atoms with Crippen LogP contribution in [0.5, 0.6) is 5.75 Å². The Morgan fingerprint density at radius 1 is 1.47 bits per heavy atom. The van der Waals surface area contributed by atoms with Crippen molar-refractivity contribution >= 4 is 0 Å². The first-order valence-corrected chi connectivity index (χ1v) is 6.67. The fourth-order valence-corrected chi connectivity index (χ4v) is 2.48. The highest BCUT2D eigenvalue weighted by Crippen LogP contribution is 2.20. The van der Waals surface area contributed by atoms with E-state index in [9.17, 15) is 5.11 Å². The maximum absolute atomic E-state index is 10.0. The van der Waals surface area contributed by atoms with Gasteiger partial charge in [-0.25, -0.2) is 0 Å². The van der Waals surface area contributed by atoms with E-state index >= 15 is 0 Å². The molecule has 0 bridgehead atoms. The van der Waals surface area contributed by atoms with Gasteiger partial charge < -0.3 is 9.84 Å². The molecule has 102 valence electrons. The molecular formula is C15H20N2O2. The van der Waals surface area contributed by atoms with E-state index in [1.807, 2.05) is 25.1 Å². The van der Waals surface area contributed by atoms with Crippen molar-refractivity contribution in [3.05, 3.63) is 29.8 Å². The molecule has 1 atom stereocenters. The van der Waals surface area contributed by atoms with Crippen molar-refractivity contribution in [1.82, 2.24) is 4.90 Å². The van der Waals surface area contributed by atoms with Crippen LogP contribution in [0.1, 0.15) is 25.3 Å². The van der Waals surface area contributed by atoms with Crippen LogP contribution in [0.3, 0.4) is 0 Å². The largest absolute Gasteiger partial charge is 0.491 e. The third kappa shape index (κ3) is 3.95. The van der Waals surface area contributed by atoms with E-state index in [1.165, 1.54) is 0 Å². The van der Waals surface area contributed by atoms with Gasteiger partial charge >= 0.3 is 0 Å². The number of rotatable bonds is 4. The van der Waals surface area contributed by atoms with Crippen molar-refractivity contribution in [2.45, 2.75) is 25.4 Å². The minimum atomic E-state index is -0.581. The Morgan fingerprint density at radius 2 is 2.26 bits per heavy atom. The molecule has 1 saturated heterocycles. The summed E-state index contributed by atoms with van der Waals surface area (Å²) in [5.74, 6) is 0.633. The van der Waals surface area contributed by atoms with E-state index in [4.69, 9.17) is 10.00 Å². The highest BCUT2D eigenvalue weighted by molar-refractivity contribution is 5.42. The van der Waals surface area contributed by atoms with Gasteiger partial charge in [-0.05, 0) is 38.4 Å². The summed E-state index contributed by atoms with van der Waals surface area (Å²) in [6, 6.07) is 9.37. The lowest BCUT2D eigenvalue weighted by atomic mass is 9.95. The molecule has 1 aromatic rings. The van der Waals surface area contributed by atoms with E-state index < -0.39 is 5.60 Å². The van der Waals surface area contributed by atoms with Gasteiger partial charge in [0.25, 0.3) is 0 Å². The van der Waals surface area contributed by atoms with Crippen LogP contribution in [0.15, 0.2) is 24.3 Å². The van der Waals surface area contributed by atoms with Crippen LogP contribution in [0.25, 0.3) is 0 Å². The smallest absolute Gasteiger partial charge is 0.137 e. The van der Waals surface area contributed by atoms with Gasteiger partial charge in [0.05, 0.1) is 11.2 Å². The molecule has 0 spiro atoms. The molecule has 19 heavy (non-hydrogen) atoms. The normalized spacial score (nSPS) is 23.8. The number of nitrogens with zero attached hydrogens (tertiary/aromatic N) is 2. The van der Waals surface area contributed by atoms with Gasteiger partial charge in [0.2, 0.25) is 0 Å². The highest BCUT2D eigenvalue weighted by Gasteiger charge is 2.27. The van der Waals surface area contributed by atoms with Crippen LogP contribution < -0.4 is 4.74 Å². The van der Waals surface area contributed by atoms with Crippen LogP contribution >= 0.6 is 0 Å². The van der Waals surface area contributed by atoms with E-state index in [0.717, 1.165) is 25.9 Å². The van der Waals surface area contributed by atoms with Gasteiger partial charge in [0, 0.05) is 13.1 Å². The van der Waals surface area contributed by atoms with Gasteiger partial charge in [-0.1, -0.05) is 12.1 Å². The first-order valence-electron chi connectivity index (χ1n) is 6.67. The Bertz CT molecular complexity index is 465. The Morgan fingerprint density at radius 3 is 3.00 bits per heavy atom. The number of aliphatic hydroxyl groups is 1. The molecule has 0 aromatic heterocycles. The van der Waals surface area contributed by atoms with Gasteiger partial charge in [-0.3, -0.25) is 4.90 Å². The second-order valence-corrected chi connectivity index (χ2v) is 5.33. The number of hydrogen-bond acceptors (Lipinski definition) is 4. The SMILES string of the molecule is CC1(O)CCCN(CCOc2ccccc2C#N)C1. The Balaban J connectivity index is 1.82. The quantitative estimate of drug-likeness (QED) is 0.896. The molecule has 0 aliphatic carbocycles. The van der Waals surface area contributed by atoms with E-state index in [-0.39, 0.29) is 0 Å². The summed E-state index contributed by atoms with van der Waals surface area (Å²) in [5, 5.41) is 19.0. The van der Waals surface area contributed by atoms with Crippen molar-refractivity contribution in [3.8, 4) is 11.8 Å². The molecule has 4 heteroatoms. The van der Waals surface area contributed by atoms with Crippen LogP contribution in [0, 0.1) is 11.3 Å². The average Bonchev–Trinajstić information content (AvgIpc) is 2.38. The number of ether oxygens (including phenoxy) is 1. The topological polar surface area (TPSA) is 56.5 Å². The molecule has 1 heterocycles. The summed E-state index contributed by atoms with van der Waals surface area (Å²) in [4.78, 5) is 2.21. The second kappa shape index (κ2) is 6.05. The monoisotopic (exact) mass is 260 g/mol. The maximum Gasteiger partial charge on any atom is 0.137 e. The van der Waals surface area contributed by atoms with Crippen LogP contribution in [0.4, 0.5) is 0 Å². The third-order valence-corrected chi connectivity index (χ3v) is 3.43. The van der Waals surface area contributed by atoms with Crippen LogP contribution in [0.2, 0.25) is 0 Å².